The van der Waals surface area contributed by atoms with Crippen molar-refractivity contribution >= 4 is 45.2 Å². The van der Waals surface area contributed by atoms with E-state index in [-0.39, 0.29) is 27.3 Å². The molecule has 156 valence electrons. The van der Waals surface area contributed by atoms with E-state index in [0.29, 0.717) is 17.3 Å². The number of hydrogen-bond donors (Lipinski definition) is 3. The Hall–Kier alpha value is -2.75. The van der Waals surface area contributed by atoms with Gasteiger partial charge in [-0.05, 0) is 37.1 Å². The van der Waals surface area contributed by atoms with Gasteiger partial charge in [-0.2, -0.15) is 0 Å². The number of anilines is 3. The van der Waals surface area contributed by atoms with E-state index in [2.05, 4.69) is 20.2 Å². The third-order valence-corrected chi connectivity index (χ3v) is 6.02. The Kier molecular flexibility index (Phi) is 5.85. The maximum absolute atomic E-state index is 14.2. The molecule has 1 aliphatic rings. The topological polar surface area (TPSA) is 110 Å². The molecule has 3 heterocycles. The molecule has 1 aromatic carbocycles. The van der Waals surface area contributed by atoms with E-state index in [0.717, 1.165) is 36.4 Å². The van der Waals surface area contributed by atoms with Gasteiger partial charge < -0.3 is 21.7 Å². The first-order valence-corrected chi connectivity index (χ1v) is 10.6. The molecule has 1 aliphatic heterocycles. The van der Waals surface area contributed by atoms with Crippen LogP contribution in [-0.4, -0.2) is 35.0 Å². The van der Waals surface area contributed by atoms with Crippen LogP contribution in [0.3, 0.4) is 0 Å². The summed E-state index contributed by atoms with van der Waals surface area (Å²) in [6, 6.07) is 6.07. The highest BCUT2D eigenvalue weighted by molar-refractivity contribution is 7.19. The van der Waals surface area contributed by atoms with Crippen LogP contribution < -0.4 is 21.7 Å². The fourth-order valence-corrected chi connectivity index (χ4v) is 4.46. The lowest BCUT2D eigenvalue weighted by Gasteiger charge is -2.33. The number of nitrogen functional groups attached to an aromatic ring is 1. The van der Waals surface area contributed by atoms with Gasteiger partial charge in [0.2, 0.25) is 0 Å². The molecule has 0 radical (unpaired) electrons. The molecule has 1 saturated heterocycles. The zero-order valence-corrected chi connectivity index (χ0v) is 17.5. The molecule has 5 N–H and O–H groups in total. The van der Waals surface area contributed by atoms with Gasteiger partial charge in [-0.15, -0.1) is 0 Å². The molecule has 7 nitrogen and oxygen atoms in total. The number of aromatic nitrogens is 2. The summed E-state index contributed by atoms with van der Waals surface area (Å²) in [5.74, 6) is -0.982. The number of nitrogens with one attached hydrogen (secondary N) is 1. The minimum atomic E-state index is -0.493. The number of carbonyl (C=O) groups excluding carboxylic acids is 1. The van der Waals surface area contributed by atoms with Crippen molar-refractivity contribution in [2.45, 2.75) is 18.9 Å². The molecule has 3 aromatic rings. The number of benzene rings is 1. The molecule has 0 bridgehead atoms. The molecule has 1 atom stereocenters. The summed E-state index contributed by atoms with van der Waals surface area (Å²) in [5, 5.41) is 3.67. The van der Waals surface area contributed by atoms with Crippen LogP contribution in [0.4, 0.5) is 20.8 Å². The van der Waals surface area contributed by atoms with Crippen molar-refractivity contribution in [3.8, 4) is 10.6 Å². The summed E-state index contributed by atoms with van der Waals surface area (Å²) in [4.78, 5) is 23.4. The SMILES string of the molecule is Nc1sc(-c2cc(Cl)ccc2F)nc1C(=O)Nc1cnccc1N1CCC[C@H](N)C1. The van der Waals surface area contributed by atoms with E-state index in [9.17, 15) is 9.18 Å². The van der Waals surface area contributed by atoms with Crippen LogP contribution in [-0.2, 0) is 0 Å². The maximum atomic E-state index is 14.2. The predicted octanol–water partition coefficient (Wildman–Crippen LogP) is 3.76. The Labute approximate surface area is 181 Å². The highest BCUT2D eigenvalue weighted by Crippen LogP contribution is 2.34. The number of carbonyl (C=O) groups is 1. The van der Waals surface area contributed by atoms with Gasteiger partial charge in [0.15, 0.2) is 5.69 Å². The normalized spacial score (nSPS) is 16.5. The van der Waals surface area contributed by atoms with Crippen molar-refractivity contribution in [2.75, 3.05) is 29.0 Å². The number of nitrogens with zero attached hydrogens (tertiary/aromatic N) is 3. The van der Waals surface area contributed by atoms with E-state index in [1.165, 1.54) is 18.2 Å². The molecule has 2 aromatic heterocycles. The number of amides is 1. The molecule has 1 fully saturated rings. The second kappa shape index (κ2) is 8.55. The Morgan fingerprint density at radius 1 is 1.37 bits per heavy atom. The van der Waals surface area contributed by atoms with Crippen LogP contribution in [0.5, 0.6) is 0 Å². The molecule has 1 amide bonds. The van der Waals surface area contributed by atoms with Gasteiger partial charge in [0.25, 0.3) is 5.91 Å². The molecule has 10 heteroatoms. The number of pyridine rings is 1. The molecule has 0 spiro atoms. The lowest BCUT2D eigenvalue weighted by Crippen LogP contribution is -2.43. The molecule has 0 saturated carbocycles. The van der Waals surface area contributed by atoms with E-state index >= 15 is 0 Å². The standard InChI is InChI=1S/C20H20ClFN6OS/c21-11-3-4-14(22)13(8-11)20-27-17(18(24)30-20)19(29)26-15-9-25-6-5-16(15)28-7-1-2-12(23)10-28/h3-6,8-9,12H,1-2,7,10,23-24H2,(H,26,29)/t12-/m0/s1. The smallest absolute Gasteiger partial charge is 0.277 e. The number of hydrogen-bond acceptors (Lipinski definition) is 7. The van der Waals surface area contributed by atoms with E-state index in [1.807, 2.05) is 6.07 Å². The van der Waals surface area contributed by atoms with Gasteiger partial charge in [-0.1, -0.05) is 22.9 Å². The van der Waals surface area contributed by atoms with E-state index < -0.39 is 11.7 Å². The second-order valence-electron chi connectivity index (χ2n) is 7.05. The second-order valence-corrected chi connectivity index (χ2v) is 8.52. The summed E-state index contributed by atoms with van der Waals surface area (Å²) in [5.41, 5.74) is 13.7. The third kappa shape index (κ3) is 4.23. The van der Waals surface area contributed by atoms with Gasteiger partial charge in [-0.25, -0.2) is 9.37 Å². The van der Waals surface area contributed by atoms with Gasteiger partial charge in [0.1, 0.15) is 15.8 Å². The minimum Gasteiger partial charge on any atom is -0.389 e. The average molecular weight is 447 g/mol. The highest BCUT2D eigenvalue weighted by atomic mass is 35.5. The number of thiazole rings is 1. The summed E-state index contributed by atoms with van der Waals surface area (Å²) in [6.45, 7) is 1.54. The first-order chi connectivity index (χ1) is 14.4. The lowest BCUT2D eigenvalue weighted by molar-refractivity contribution is 0.102. The van der Waals surface area contributed by atoms with Crippen molar-refractivity contribution in [2.24, 2.45) is 5.73 Å². The first kappa shape index (κ1) is 20.5. The van der Waals surface area contributed by atoms with Crippen LogP contribution in [0.1, 0.15) is 23.3 Å². The van der Waals surface area contributed by atoms with Gasteiger partial charge in [0.05, 0.1) is 17.6 Å². The Morgan fingerprint density at radius 2 is 2.20 bits per heavy atom. The predicted molar refractivity (Wildman–Crippen MR) is 119 cm³/mol. The number of piperidine rings is 1. The van der Waals surface area contributed by atoms with Crippen LogP contribution in [0.2, 0.25) is 5.02 Å². The van der Waals surface area contributed by atoms with Crippen molar-refractivity contribution < 1.29 is 9.18 Å². The molecule has 30 heavy (non-hydrogen) atoms. The van der Waals surface area contributed by atoms with Crippen molar-refractivity contribution in [3.05, 3.63) is 53.2 Å². The summed E-state index contributed by atoms with van der Waals surface area (Å²) in [6.07, 6.45) is 5.20. The molecular formula is C20H20ClFN6OS. The summed E-state index contributed by atoms with van der Waals surface area (Å²) in [7, 11) is 0. The van der Waals surface area contributed by atoms with Gasteiger partial charge in [0, 0.05) is 35.9 Å². The zero-order chi connectivity index (χ0) is 21.3. The number of halogens is 2. The molecule has 0 aliphatic carbocycles. The largest absolute Gasteiger partial charge is 0.389 e. The summed E-state index contributed by atoms with van der Waals surface area (Å²) >= 11 is 6.99. The minimum absolute atomic E-state index is 0.0273. The summed E-state index contributed by atoms with van der Waals surface area (Å²) < 4.78 is 14.2. The average Bonchev–Trinajstić information content (AvgIpc) is 3.12. The van der Waals surface area contributed by atoms with Crippen LogP contribution in [0, 0.1) is 5.82 Å². The van der Waals surface area contributed by atoms with E-state index in [1.54, 1.807) is 12.4 Å². The molecular weight excluding hydrogens is 427 g/mol. The van der Waals surface area contributed by atoms with Gasteiger partial charge in [-0.3, -0.25) is 9.78 Å². The quantitative estimate of drug-likeness (QED) is 0.562. The van der Waals surface area contributed by atoms with Crippen LogP contribution in [0.15, 0.2) is 36.7 Å². The Morgan fingerprint density at radius 3 is 3.00 bits per heavy atom. The highest BCUT2D eigenvalue weighted by Gasteiger charge is 2.23. The zero-order valence-electron chi connectivity index (χ0n) is 15.9. The van der Waals surface area contributed by atoms with Crippen molar-refractivity contribution in [3.63, 3.8) is 0 Å². The third-order valence-electron chi connectivity index (χ3n) is 4.87. The lowest BCUT2D eigenvalue weighted by atomic mass is 10.1. The number of rotatable bonds is 4. The maximum Gasteiger partial charge on any atom is 0.277 e. The Balaban J connectivity index is 1.60. The molecule has 4 rings (SSSR count). The van der Waals surface area contributed by atoms with Crippen LogP contribution in [0.25, 0.3) is 10.6 Å². The fourth-order valence-electron chi connectivity index (χ4n) is 3.44. The van der Waals surface area contributed by atoms with Crippen molar-refractivity contribution in [1.29, 1.82) is 0 Å². The monoisotopic (exact) mass is 446 g/mol. The van der Waals surface area contributed by atoms with E-state index in [4.69, 9.17) is 23.1 Å². The number of nitrogens with two attached hydrogens (primary N) is 2. The van der Waals surface area contributed by atoms with Gasteiger partial charge >= 0.3 is 0 Å². The first-order valence-electron chi connectivity index (χ1n) is 9.40. The van der Waals surface area contributed by atoms with Crippen molar-refractivity contribution in [1.82, 2.24) is 9.97 Å². The van der Waals surface area contributed by atoms with Crippen LogP contribution >= 0.6 is 22.9 Å². The molecule has 0 unspecified atom stereocenters. The Bertz CT molecular complexity index is 1090. The fraction of sp³-hybridized carbons (Fsp3) is 0.250.